The van der Waals surface area contributed by atoms with E-state index >= 15 is 0 Å². The third-order valence-electron chi connectivity index (χ3n) is 1.72. The maximum absolute atomic E-state index is 11.3. The molecule has 1 heterocycles. The monoisotopic (exact) mass is 311 g/mol. The lowest BCUT2D eigenvalue weighted by molar-refractivity contribution is -0.137. The highest BCUT2D eigenvalue weighted by molar-refractivity contribution is 9.12. The van der Waals surface area contributed by atoms with Crippen molar-refractivity contribution in [2.75, 3.05) is 13.2 Å². The predicted molar refractivity (Wildman–Crippen MR) is 57.9 cm³/mol. The van der Waals surface area contributed by atoms with Crippen LogP contribution in [0.15, 0.2) is 10.2 Å². The zero-order valence-electron chi connectivity index (χ0n) is 7.27. The number of rotatable bonds is 2. The van der Waals surface area contributed by atoms with E-state index in [2.05, 4.69) is 37.2 Å². The standard InChI is InChI=1S/C8H11Br2NO2/c1-2-13-8(12)6(10)7-5(9)3-4-11-7/h5,11H,2-4H2,1H3/b7-6+. The number of carbonyl (C=O) groups excluding carboxylic acids is 1. The van der Waals surface area contributed by atoms with Crippen LogP contribution in [-0.2, 0) is 9.53 Å². The summed E-state index contributed by atoms with van der Waals surface area (Å²) in [6, 6.07) is 0. The Labute approximate surface area is 94.2 Å². The van der Waals surface area contributed by atoms with Crippen LogP contribution in [0.1, 0.15) is 13.3 Å². The molecule has 0 aromatic heterocycles. The Kier molecular flexibility index (Phi) is 4.25. The molecule has 1 unspecified atom stereocenters. The number of hydrogen-bond acceptors (Lipinski definition) is 3. The highest BCUT2D eigenvalue weighted by atomic mass is 79.9. The van der Waals surface area contributed by atoms with Crippen LogP contribution in [0.2, 0.25) is 0 Å². The van der Waals surface area contributed by atoms with Crippen molar-refractivity contribution < 1.29 is 9.53 Å². The first-order chi connectivity index (χ1) is 6.16. The predicted octanol–water partition coefficient (Wildman–Crippen LogP) is 1.91. The van der Waals surface area contributed by atoms with Crippen molar-refractivity contribution in [1.82, 2.24) is 5.32 Å². The third-order valence-corrected chi connectivity index (χ3v) is 3.38. The molecule has 3 nitrogen and oxygen atoms in total. The minimum absolute atomic E-state index is 0.228. The number of ether oxygens (including phenoxy) is 1. The van der Waals surface area contributed by atoms with Gasteiger partial charge in [-0.05, 0) is 29.3 Å². The quantitative estimate of drug-likeness (QED) is 0.481. The molecule has 0 spiro atoms. The first kappa shape index (κ1) is 11.0. The van der Waals surface area contributed by atoms with Gasteiger partial charge < -0.3 is 10.1 Å². The molecule has 74 valence electrons. The van der Waals surface area contributed by atoms with Crippen LogP contribution in [-0.4, -0.2) is 23.9 Å². The minimum atomic E-state index is -0.309. The molecular weight excluding hydrogens is 302 g/mol. The summed E-state index contributed by atoms with van der Waals surface area (Å²) in [5.74, 6) is -0.309. The fourth-order valence-corrected chi connectivity index (χ4v) is 2.57. The number of nitrogens with one attached hydrogen (secondary N) is 1. The number of halogens is 2. The third kappa shape index (κ3) is 2.71. The van der Waals surface area contributed by atoms with Crippen molar-refractivity contribution in [3.05, 3.63) is 10.2 Å². The Morgan fingerprint density at radius 2 is 2.46 bits per heavy atom. The van der Waals surface area contributed by atoms with Gasteiger partial charge in [0.15, 0.2) is 0 Å². The van der Waals surface area contributed by atoms with Crippen molar-refractivity contribution >= 4 is 37.8 Å². The van der Waals surface area contributed by atoms with Crippen molar-refractivity contribution in [1.29, 1.82) is 0 Å². The molecule has 13 heavy (non-hydrogen) atoms. The van der Waals surface area contributed by atoms with Crippen LogP contribution < -0.4 is 5.32 Å². The molecule has 0 amide bonds. The summed E-state index contributed by atoms with van der Waals surface area (Å²) < 4.78 is 5.35. The van der Waals surface area contributed by atoms with Crippen LogP contribution in [0.25, 0.3) is 0 Å². The van der Waals surface area contributed by atoms with E-state index in [1.54, 1.807) is 6.92 Å². The molecule has 0 aromatic rings. The second kappa shape index (κ2) is 5.00. The molecule has 0 saturated carbocycles. The Hall–Kier alpha value is -0.0300. The first-order valence-electron chi connectivity index (χ1n) is 4.11. The van der Waals surface area contributed by atoms with E-state index in [0.29, 0.717) is 11.1 Å². The summed E-state index contributed by atoms with van der Waals surface area (Å²) in [5, 5.41) is 3.13. The van der Waals surface area contributed by atoms with Gasteiger partial charge in [-0.2, -0.15) is 0 Å². The molecule has 1 aliphatic heterocycles. The van der Waals surface area contributed by atoms with Gasteiger partial charge in [-0.3, -0.25) is 0 Å². The second-order valence-corrected chi connectivity index (χ2v) is 4.53. The molecule has 0 aromatic carbocycles. The van der Waals surface area contributed by atoms with Crippen molar-refractivity contribution in [3.63, 3.8) is 0 Å². The van der Waals surface area contributed by atoms with Crippen LogP contribution in [0.5, 0.6) is 0 Å². The average molecular weight is 313 g/mol. The lowest BCUT2D eigenvalue weighted by Crippen LogP contribution is -2.14. The van der Waals surface area contributed by atoms with E-state index in [4.69, 9.17) is 4.74 Å². The Morgan fingerprint density at radius 3 is 2.92 bits per heavy atom. The molecule has 1 saturated heterocycles. The number of esters is 1. The molecule has 1 fully saturated rings. The van der Waals surface area contributed by atoms with E-state index in [0.717, 1.165) is 18.7 Å². The topological polar surface area (TPSA) is 38.3 Å². The fourth-order valence-electron chi connectivity index (χ4n) is 1.11. The zero-order valence-corrected chi connectivity index (χ0v) is 10.4. The van der Waals surface area contributed by atoms with Gasteiger partial charge in [0.05, 0.1) is 11.4 Å². The average Bonchev–Trinajstić information content (AvgIpc) is 2.50. The second-order valence-electron chi connectivity index (χ2n) is 2.63. The molecule has 0 radical (unpaired) electrons. The van der Waals surface area contributed by atoms with Gasteiger partial charge in [0.2, 0.25) is 0 Å². The van der Waals surface area contributed by atoms with E-state index in [-0.39, 0.29) is 10.8 Å². The minimum Gasteiger partial charge on any atom is -0.462 e. The van der Waals surface area contributed by atoms with Gasteiger partial charge >= 0.3 is 5.97 Å². The van der Waals surface area contributed by atoms with Gasteiger partial charge in [0.25, 0.3) is 0 Å². The van der Waals surface area contributed by atoms with Crippen LogP contribution in [0, 0.1) is 0 Å². The molecule has 1 rings (SSSR count). The Bertz CT molecular complexity index is 240. The smallest absolute Gasteiger partial charge is 0.347 e. The lowest BCUT2D eigenvalue weighted by atomic mass is 10.3. The van der Waals surface area contributed by atoms with Gasteiger partial charge in [-0.25, -0.2) is 4.79 Å². The van der Waals surface area contributed by atoms with Gasteiger partial charge in [-0.15, -0.1) is 0 Å². The van der Waals surface area contributed by atoms with E-state index in [1.807, 2.05) is 0 Å². The molecule has 0 aliphatic carbocycles. The summed E-state index contributed by atoms with van der Waals surface area (Å²) in [5.41, 5.74) is 0.887. The van der Waals surface area contributed by atoms with Crippen molar-refractivity contribution in [2.45, 2.75) is 18.2 Å². The van der Waals surface area contributed by atoms with Gasteiger partial charge in [0, 0.05) is 12.2 Å². The summed E-state index contributed by atoms with van der Waals surface area (Å²) >= 11 is 6.69. The van der Waals surface area contributed by atoms with Crippen LogP contribution in [0.4, 0.5) is 0 Å². The highest BCUT2D eigenvalue weighted by Crippen LogP contribution is 2.25. The first-order valence-corrected chi connectivity index (χ1v) is 5.82. The number of hydrogen-bond donors (Lipinski definition) is 1. The van der Waals surface area contributed by atoms with Crippen molar-refractivity contribution in [2.24, 2.45) is 0 Å². The maximum atomic E-state index is 11.3. The molecule has 0 bridgehead atoms. The normalized spacial score (nSPS) is 25.3. The molecule has 1 atom stereocenters. The van der Waals surface area contributed by atoms with E-state index < -0.39 is 0 Å². The zero-order chi connectivity index (χ0) is 9.84. The number of carbonyl (C=O) groups is 1. The summed E-state index contributed by atoms with van der Waals surface area (Å²) in [6.07, 6.45) is 0.990. The maximum Gasteiger partial charge on any atom is 0.347 e. The molecule has 1 N–H and O–H groups in total. The summed E-state index contributed by atoms with van der Waals surface area (Å²) in [7, 11) is 0. The van der Waals surface area contributed by atoms with Crippen molar-refractivity contribution in [3.8, 4) is 0 Å². The van der Waals surface area contributed by atoms with E-state index in [9.17, 15) is 4.79 Å². The van der Waals surface area contributed by atoms with Crippen LogP contribution in [0.3, 0.4) is 0 Å². The lowest BCUT2D eigenvalue weighted by Gasteiger charge is -2.07. The largest absolute Gasteiger partial charge is 0.462 e. The van der Waals surface area contributed by atoms with E-state index in [1.165, 1.54) is 0 Å². The Morgan fingerprint density at radius 1 is 1.77 bits per heavy atom. The number of alkyl halides is 1. The number of allylic oxidation sites excluding steroid dienone is 1. The van der Waals surface area contributed by atoms with Gasteiger partial charge in [-0.1, -0.05) is 15.9 Å². The summed E-state index contributed by atoms with van der Waals surface area (Å²) in [6.45, 7) is 3.07. The van der Waals surface area contributed by atoms with Gasteiger partial charge in [0.1, 0.15) is 4.48 Å². The Balaban J connectivity index is 2.72. The SMILES string of the molecule is CCOC(=O)/C(Br)=C1\NCCC1Br. The fraction of sp³-hybridized carbons (Fsp3) is 0.625. The summed E-state index contributed by atoms with van der Waals surface area (Å²) in [4.78, 5) is 11.5. The molecular formula is C8H11Br2NO2. The molecule has 5 heteroatoms. The highest BCUT2D eigenvalue weighted by Gasteiger charge is 2.24. The van der Waals surface area contributed by atoms with Crippen LogP contribution >= 0.6 is 31.9 Å². The molecule has 1 aliphatic rings.